The standard InChI is InChI=1S/C14H16N4O2/c1-8-16-17-13-14(2,3)15-10-7-5-6-9(12(19)20-4)11(10)18(8)13/h5-7,15H,1-4H3. The molecule has 1 aromatic carbocycles. The Morgan fingerprint density at radius 3 is 2.80 bits per heavy atom. The van der Waals surface area contributed by atoms with E-state index in [1.807, 2.05) is 37.5 Å². The molecule has 2 heterocycles. The minimum atomic E-state index is -0.373. The van der Waals surface area contributed by atoms with Gasteiger partial charge in [0, 0.05) is 0 Å². The smallest absolute Gasteiger partial charge is 0.340 e. The Hall–Kier alpha value is -2.37. The van der Waals surface area contributed by atoms with E-state index in [1.54, 1.807) is 6.07 Å². The number of nitrogens with one attached hydrogen (secondary N) is 1. The first-order valence-electron chi connectivity index (χ1n) is 6.38. The molecule has 0 unspecified atom stereocenters. The number of hydrogen-bond acceptors (Lipinski definition) is 5. The molecule has 2 aromatic rings. The molecule has 1 N–H and O–H groups in total. The second kappa shape index (κ2) is 4.06. The number of fused-ring (bicyclic) bond motifs is 3. The molecule has 3 rings (SSSR count). The summed E-state index contributed by atoms with van der Waals surface area (Å²) in [7, 11) is 1.38. The number of anilines is 1. The van der Waals surface area contributed by atoms with Crippen molar-refractivity contribution in [2.75, 3.05) is 12.4 Å². The number of aromatic nitrogens is 3. The summed E-state index contributed by atoms with van der Waals surface area (Å²) in [6.45, 7) is 5.93. The van der Waals surface area contributed by atoms with Crippen molar-refractivity contribution in [1.82, 2.24) is 14.8 Å². The van der Waals surface area contributed by atoms with Gasteiger partial charge in [-0.15, -0.1) is 10.2 Å². The van der Waals surface area contributed by atoms with Crippen LogP contribution in [0.2, 0.25) is 0 Å². The van der Waals surface area contributed by atoms with Gasteiger partial charge in [-0.2, -0.15) is 0 Å². The highest BCUT2D eigenvalue weighted by Crippen LogP contribution is 2.38. The summed E-state index contributed by atoms with van der Waals surface area (Å²) in [5.74, 6) is 1.15. The van der Waals surface area contributed by atoms with E-state index < -0.39 is 0 Å². The van der Waals surface area contributed by atoms with Gasteiger partial charge < -0.3 is 10.1 Å². The normalized spacial score (nSPS) is 15.0. The van der Waals surface area contributed by atoms with E-state index in [0.717, 1.165) is 23.0 Å². The predicted molar refractivity (Wildman–Crippen MR) is 74.1 cm³/mol. The van der Waals surface area contributed by atoms with Gasteiger partial charge in [-0.1, -0.05) is 6.07 Å². The lowest BCUT2D eigenvalue weighted by Gasteiger charge is -2.34. The molecule has 0 saturated carbocycles. The van der Waals surface area contributed by atoms with Crippen LogP contribution in [0.5, 0.6) is 0 Å². The highest BCUT2D eigenvalue weighted by Gasteiger charge is 2.36. The highest BCUT2D eigenvalue weighted by molar-refractivity contribution is 5.96. The molecule has 0 atom stereocenters. The molecule has 0 fully saturated rings. The van der Waals surface area contributed by atoms with Gasteiger partial charge >= 0.3 is 5.97 Å². The third-order valence-electron chi connectivity index (χ3n) is 3.50. The van der Waals surface area contributed by atoms with Crippen LogP contribution >= 0.6 is 0 Å². The molecule has 0 saturated heterocycles. The Morgan fingerprint density at radius 1 is 1.35 bits per heavy atom. The molecular formula is C14H16N4O2. The van der Waals surface area contributed by atoms with Crippen LogP contribution in [0.3, 0.4) is 0 Å². The third-order valence-corrected chi connectivity index (χ3v) is 3.50. The maximum absolute atomic E-state index is 12.0. The van der Waals surface area contributed by atoms with E-state index in [2.05, 4.69) is 15.5 Å². The van der Waals surface area contributed by atoms with Crippen molar-refractivity contribution in [2.45, 2.75) is 26.3 Å². The number of benzene rings is 1. The van der Waals surface area contributed by atoms with Gasteiger partial charge in [0.05, 0.1) is 29.6 Å². The molecule has 6 nitrogen and oxygen atoms in total. The van der Waals surface area contributed by atoms with Crippen molar-refractivity contribution in [3.63, 3.8) is 0 Å². The Morgan fingerprint density at radius 2 is 2.10 bits per heavy atom. The quantitative estimate of drug-likeness (QED) is 0.804. The van der Waals surface area contributed by atoms with Gasteiger partial charge in [-0.25, -0.2) is 4.79 Å². The van der Waals surface area contributed by atoms with Gasteiger partial charge in [-0.3, -0.25) is 4.57 Å². The zero-order valence-electron chi connectivity index (χ0n) is 11.9. The minimum Gasteiger partial charge on any atom is -0.465 e. The Bertz CT molecular complexity index is 703. The van der Waals surface area contributed by atoms with Crippen molar-refractivity contribution >= 4 is 11.7 Å². The van der Waals surface area contributed by atoms with Crippen LogP contribution < -0.4 is 5.32 Å². The fourth-order valence-electron chi connectivity index (χ4n) is 2.59. The van der Waals surface area contributed by atoms with Gasteiger partial charge in [-0.05, 0) is 32.9 Å². The number of rotatable bonds is 1. The number of hydrogen-bond donors (Lipinski definition) is 1. The Kier molecular flexibility index (Phi) is 2.57. The molecule has 1 aromatic heterocycles. The number of para-hydroxylation sites is 1. The number of nitrogens with zero attached hydrogens (tertiary/aromatic N) is 3. The average molecular weight is 272 g/mol. The highest BCUT2D eigenvalue weighted by atomic mass is 16.5. The van der Waals surface area contributed by atoms with Crippen LogP contribution in [0.25, 0.3) is 5.69 Å². The van der Waals surface area contributed by atoms with E-state index >= 15 is 0 Å². The molecular weight excluding hydrogens is 256 g/mol. The van der Waals surface area contributed by atoms with Gasteiger partial charge in [0.25, 0.3) is 0 Å². The van der Waals surface area contributed by atoms with Crippen molar-refractivity contribution in [1.29, 1.82) is 0 Å². The van der Waals surface area contributed by atoms with Crippen LogP contribution in [0.1, 0.15) is 35.9 Å². The number of carbonyl (C=O) groups is 1. The molecule has 1 aliphatic heterocycles. The SMILES string of the molecule is COC(=O)c1cccc2c1-n1c(C)nnc1C(C)(C)N2. The van der Waals surface area contributed by atoms with Crippen LogP contribution in [0.15, 0.2) is 18.2 Å². The topological polar surface area (TPSA) is 69.0 Å². The lowest BCUT2D eigenvalue weighted by Crippen LogP contribution is -2.36. The van der Waals surface area contributed by atoms with E-state index in [-0.39, 0.29) is 11.5 Å². The van der Waals surface area contributed by atoms with E-state index in [1.165, 1.54) is 7.11 Å². The Balaban J connectivity index is 2.34. The summed E-state index contributed by atoms with van der Waals surface area (Å²) in [6, 6.07) is 5.51. The molecule has 1 aliphatic rings. The van der Waals surface area contributed by atoms with E-state index in [9.17, 15) is 4.79 Å². The Labute approximate surface area is 116 Å². The summed E-state index contributed by atoms with van der Waals surface area (Å²) >= 11 is 0. The predicted octanol–water partition coefficient (Wildman–Crippen LogP) is 2.02. The van der Waals surface area contributed by atoms with Crippen molar-refractivity contribution in [2.24, 2.45) is 0 Å². The zero-order valence-corrected chi connectivity index (χ0v) is 11.9. The second-order valence-corrected chi connectivity index (χ2v) is 5.35. The number of ether oxygens (including phenoxy) is 1. The monoisotopic (exact) mass is 272 g/mol. The summed E-state index contributed by atoms with van der Waals surface area (Å²) in [6.07, 6.45) is 0. The maximum Gasteiger partial charge on any atom is 0.340 e. The zero-order chi connectivity index (χ0) is 14.5. The number of carbonyl (C=O) groups excluding carboxylic acids is 1. The van der Waals surface area contributed by atoms with E-state index in [4.69, 9.17) is 4.74 Å². The largest absolute Gasteiger partial charge is 0.465 e. The third kappa shape index (κ3) is 1.61. The van der Waals surface area contributed by atoms with Gasteiger partial charge in [0.2, 0.25) is 0 Å². The number of aryl methyl sites for hydroxylation is 1. The molecule has 0 aliphatic carbocycles. The summed E-state index contributed by atoms with van der Waals surface area (Å²) in [4.78, 5) is 12.0. The molecule has 0 amide bonds. The van der Waals surface area contributed by atoms with Crippen molar-refractivity contribution in [3.05, 3.63) is 35.4 Å². The lowest BCUT2D eigenvalue weighted by molar-refractivity contribution is 0.0600. The fraction of sp³-hybridized carbons (Fsp3) is 0.357. The van der Waals surface area contributed by atoms with Gasteiger partial charge in [0.15, 0.2) is 5.82 Å². The average Bonchev–Trinajstić information content (AvgIpc) is 2.80. The molecule has 104 valence electrons. The van der Waals surface area contributed by atoms with Crippen LogP contribution in [-0.2, 0) is 10.3 Å². The van der Waals surface area contributed by atoms with Crippen molar-refractivity contribution < 1.29 is 9.53 Å². The number of esters is 1. The second-order valence-electron chi connectivity index (χ2n) is 5.35. The lowest BCUT2D eigenvalue weighted by atomic mass is 9.98. The summed E-state index contributed by atoms with van der Waals surface area (Å²) in [5, 5.41) is 11.8. The van der Waals surface area contributed by atoms with E-state index in [0.29, 0.717) is 5.56 Å². The van der Waals surface area contributed by atoms with Gasteiger partial charge in [0.1, 0.15) is 5.82 Å². The number of methoxy groups -OCH3 is 1. The minimum absolute atomic E-state index is 0.358. The molecule has 20 heavy (non-hydrogen) atoms. The first kappa shape index (κ1) is 12.7. The fourth-order valence-corrected chi connectivity index (χ4v) is 2.59. The van der Waals surface area contributed by atoms with Crippen molar-refractivity contribution in [3.8, 4) is 5.69 Å². The molecule has 6 heteroatoms. The van der Waals surface area contributed by atoms with Crippen LogP contribution in [0, 0.1) is 6.92 Å². The summed E-state index contributed by atoms with van der Waals surface area (Å²) in [5.41, 5.74) is 1.75. The first-order chi connectivity index (χ1) is 9.45. The summed E-state index contributed by atoms with van der Waals surface area (Å²) < 4.78 is 6.78. The first-order valence-corrected chi connectivity index (χ1v) is 6.38. The molecule has 0 spiro atoms. The maximum atomic E-state index is 12.0. The van der Waals surface area contributed by atoms with Crippen LogP contribution in [-0.4, -0.2) is 27.8 Å². The molecule has 0 radical (unpaired) electrons. The molecule has 0 bridgehead atoms. The van der Waals surface area contributed by atoms with Crippen LogP contribution in [0.4, 0.5) is 5.69 Å².